The minimum absolute atomic E-state index is 0.00464. The van der Waals surface area contributed by atoms with Crippen molar-refractivity contribution in [3.63, 3.8) is 0 Å². The van der Waals surface area contributed by atoms with Gasteiger partial charge in [0.1, 0.15) is 29.0 Å². The molecule has 67 heavy (non-hydrogen) atoms. The maximum absolute atomic E-state index is 15.1. The first kappa shape index (κ1) is 47.4. The van der Waals surface area contributed by atoms with Gasteiger partial charge in [-0.1, -0.05) is 45.8 Å². The van der Waals surface area contributed by atoms with Crippen molar-refractivity contribution < 1.29 is 55.0 Å². The molecule has 2 saturated heterocycles. The van der Waals surface area contributed by atoms with Gasteiger partial charge in [-0.2, -0.15) is 13.2 Å². The molecule has 0 bridgehead atoms. The smallest absolute Gasteiger partial charge is 0.437 e. The van der Waals surface area contributed by atoms with Gasteiger partial charge in [-0.25, -0.2) is 18.2 Å². The number of alkyl carbamates (subject to hydrolysis) is 1. The number of carbonyl (C=O) groups is 4. The van der Waals surface area contributed by atoms with Gasteiger partial charge in [0.2, 0.25) is 21.8 Å². The summed E-state index contributed by atoms with van der Waals surface area (Å²) in [5.41, 5.74) is -4.84. The van der Waals surface area contributed by atoms with Gasteiger partial charge in [-0.15, -0.1) is 0 Å². The van der Waals surface area contributed by atoms with Gasteiger partial charge >= 0.3 is 12.3 Å². The van der Waals surface area contributed by atoms with Crippen LogP contribution in [0.15, 0.2) is 30.4 Å². The van der Waals surface area contributed by atoms with Gasteiger partial charge < -0.3 is 34.6 Å². The number of amides is 4. The predicted octanol–water partition coefficient (Wildman–Crippen LogP) is 6.17. The van der Waals surface area contributed by atoms with Crippen LogP contribution in [0, 0.1) is 23.2 Å². The third kappa shape index (κ3) is 8.84. The second kappa shape index (κ2) is 17.4. The third-order valence-corrected chi connectivity index (χ3v) is 17.8. The van der Waals surface area contributed by atoms with Crippen molar-refractivity contribution in [2.45, 2.75) is 145 Å². The van der Waals surface area contributed by atoms with Crippen LogP contribution in [0.5, 0.6) is 11.5 Å². The summed E-state index contributed by atoms with van der Waals surface area (Å²) in [4.78, 5) is 65.0. The fourth-order valence-corrected chi connectivity index (χ4v) is 12.3. The molecule has 7 aliphatic rings. The van der Waals surface area contributed by atoms with E-state index in [0.29, 0.717) is 68.6 Å². The number of benzene rings is 1. The Bertz CT molecular complexity index is 2460. The van der Waals surface area contributed by atoms with Crippen LogP contribution in [-0.2, 0) is 41.7 Å². The lowest BCUT2D eigenvalue weighted by Crippen LogP contribution is -2.61. The number of sulfonamides is 1. The van der Waals surface area contributed by atoms with Gasteiger partial charge in [0.15, 0.2) is 11.4 Å². The number of ether oxygens (including phenoxy) is 3. The molecule has 3 saturated carbocycles. The SMILES string of the molecule is CCN1CCC(COc2ccc3nc(C(F)(F)F)c4c(c3c2)CCC2(CC3C(=O)NC5(C(=O)NS(=O)(=O)C6(C)CC6)C6CC65C=CCCCCCC(NC(=O)OCC(C)C)C(=O)N3C2)O4)CC1. The van der Waals surface area contributed by atoms with Gasteiger partial charge in [0, 0.05) is 28.7 Å². The number of aromatic nitrogens is 1. The summed E-state index contributed by atoms with van der Waals surface area (Å²) in [6.45, 7) is 10.6. The Hall–Kier alpha value is -4.65. The van der Waals surface area contributed by atoms with Crippen LogP contribution >= 0.6 is 0 Å². The number of likely N-dealkylation sites (tertiary alicyclic amines) is 1. The quantitative estimate of drug-likeness (QED) is 0.231. The molecule has 15 nitrogen and oxygen atoms in total. The number of piperidine rings is 1. The minimum Gasteiger partial charge on any atom is -0.493 e. The molecule has 2 aromatic rings. The fourth-order valence-electron chi connectivity index (χ4n) is 11.0. The van der Waals surface area contributed by atoms with Crippen molar-refractivity contribution in [3.05, 3.63) is 41.6 Å². The molecule has 6 atom stereocenters. The molecule has 0 radical (unpaired) electrons. The van der Waals surface area contributed by atoms with Crippen LogP contribution in [0.4, 0.5) is 18.0 Å². The van der Waals surface area contributed by atoms with Crippen molar-refractivity contribution in [3.8, 4) is 11.5 Å². The number of aryl methyl sites for hydroxylation is 1. The zero-order valence-electron chi connectivity index (χ0n) is 38.8. The van der Waals surface area contributed by atoms with E-state index in [2.05, 4.69) is 32.2 Å². The van der Waals surface area contributed by atoms with Crippen molar-refractivity contribution >= 4 is 44.7 Å². The first-order valence-corrected chi connectivity index (χ1v) is 25.6. The van der Waals surface area contributed by atoms with Gasteiger partial charge in [0.05, 0.1) is 30.0 Å². The number of pyridine rings is 1. The van der Waals surface area contributed by atoms with Crippen LogP contribution in [0.25, 0.3) is 10.9 Å². The summed E-state index contributed by atoms with van der Waals surface area (Å²) in [5, 5.41) is 6.05. The lowest BCUT2D eigenvalue weighted by Gasteiger charge is -2.37. The van der Waals surface area contributed by atoms with Gasteiger partial charge in [-0.05, 0) is 121 Å². The van der Waals surface area contributed by atoms with Crippen molar-refractivity contribution in [2.75, 3.05) is 39.4 Å². The Labute approximate surface area is 389 Å². The molecule has 5 fully saturated rings. The fraction of sp³-hybridized carbons (Fsp3) is 0.688. The van der Waals surface area contributed by atoms with Crippen molar-refractivity contribution in [2.24, 2.45) is 23.2 Å². The number of alkyl halides is 3. The molecular formula is C48H63F3N6O9S. The molecule has 19 heteroatoms. The molecule has 3 N–H and O–H groups in total. The molecule has 6 unspecified atom stereocenters. The molecule has 5 heterocycles. The predicted molar refractivity (Wildman–Crippen MR) is 240 cm³/mol. The van der Waals surface area contributed by atoms with E-state index in [1.807, 2.05) is 26.0 Å². The highest BCUT2D eigenvalue weighted by molar-refractivity contribution is 7.91. The van der Waals surface area contributed by atoms with E-state index in [9.17, 15) is 27.6 Å². The van der Waals surface area contributed by atoms with Crippen molar-refractivity contribution in [1.29, 1.82) is 0 Å². The molecule has 1 aromatic heterocycles. The van der Waals surface area contributed by atoms with E-state index in [-0.39, 0.29) is 55.8 Å². The molecule has 4 aliphatic heterocycles. The molecule has 2 spiro atoms. The van der Waals surface area contributed by atoms with E-state index in [1.54, 1.807) is 19.1 Å². The van der Waals surface area contributed by atoms with Crippen LogP contribution in [0.2, 0.25) is 0 Å². The number of fused-ring (bicyclic) bond motifs is 5. The van der Waals surface area contributed by atoms with Crippen LogP contribution in [0.1, 0.15) is 116 Å². The Kier molecular flexibility index (Phi) is 12.3. The molecule has 1 aromatic carbocycles. The first-order chi connectivity index (χ1) is 31.7. The number of allylic oxidation sites excluding steroid dienone is 1. The van der Waals surface area contributed by atoms with Crippen LogP contribution in [0.3, 0.4) is 0 Å². The normalized spacial score (nSPS) is 30.7. The van der Waals surface area contributed by atoms with Gasteiger partial charge in [0.25, 0.3) is 5.91 Å². The monoisotopic (exact) mass is 956 g/mol. The number of halogens is 3. The summed E-state index contributed by atoms with van der Waals surface area (Å²) in [6, 6.07) is 2.30. The lowest BCUT2D eigenvalue weighted by molar-refractivity contribution is -0.144. The lowest BCUT2D eigenvalue weighted by atomic mass is 9.86. The summed E-state index contributed by atoms with van der Waals surface area (Å²) in [7, 11) is -4.11. The largest absolute Gasteiger partial charge is 0.493 e. The maximum Gasteiger partial charge on any atom is 0.437 e. The Morgan fingerprint density at radius 2 is 1.82 bits per heavy atom. The molecular weight excluding hydrogens is 894 g/mol. The topological polar surface area (TPSA) is 186 Å². The first-order valence-electron chi connectivity index (χ1n) is 24.1. The number of nitrogens with one attached hydrogen (secondary N) is 3. The summed E-state index contributed by atoms with van der Waals surface area (Å²) in [6.07, 6.45) is 3.96. The minimum atomic E-state index is -4.94. The second-order valence-electron chi connectivity index (χ2n) is 20.8. The van der Waals surface area contributed by atoms with Crippen LogP contribution in [-0.4, -0.2) is 114 Å². The summed E-state index contributed by atoms with van der Waals surface area (Å²) in [5.74, 6) is -2.35. The number of nitrogens with zero attached hydrogens (tertiary/aromatic N) is 3. The summed E-state index contributed by atoms with van der Waals surface area (Å²) < 4.78 is 91.4. The Morgan fingerprint density at radius 3 is 2.51 bits per heavy atom. The van der Waals surface area contributed by atoms with E-state index < -0.39 is 90.8 Å². The molecule has 9 rings (SSSR count). The van der Waals surface area contributed by atoms with Crippen LogP contribution < -0.4 is 24.8 Å². The Morgan fingerprint density at radius 1 is 1.06 bits per heavy atom. The van der Waals surface area contributed by atoms with Gasteiger partial charge in [-0.3, -0.25) is 19.1 Å². The average molecular weight is 957 g/mol. The highest BCUT2D eigenvalue weighted by Crippen LogP contribution is 2.83. The molecule has 366 valence electrons. The number of hydrogen-bond donors (Lipinski definition) is 3. The zero-order valence-corrected chi connectivity index (χ0v) is 39.6. The number of carbonyl (C=O) groups excluding carboxylic acids is 4. The van der Waals surface area contributed by atoms with E-state index in [4.69, 9.17) is 14.2 Å². The number of rotatable bonds is 10. The number of hydrogen-bond acceptors (Lipinski definition) is 11. The second-order valence-corrected chi connectivity index (χ2v) is 23.0. The third-order valence-electron chi connectivity index (χ3n) is 15.7. The highest BCUT2D eigenvalue weighted by Gasteiger charge is 2.92. The van der Waals surface area contributed by atoms with E-state index >= 15 is 13.2 Å². The summed E-state index contributed by atoms with van der Waals surface area (Å²) >= 11 is 0. The van der Waals surface area contributed by atoms with Crippen molar-refractivity contribution in [1.82, 2.24) is 30.1 Å². The molecule has 4 amide bonds. The van der Waals surface area contributed by atoms with E-state index in [1.165, 1.54) is 11.0 Å². The van der Waals surface area contributed by atoms with E-state index in [0.717, 1.165) is 32.5 Å². The zero-order chi connectivity index (χ0) is 47.7. The Balaban J connectivity index is 1.05. The standard InChI is InChI=1S/C48H63F3N6O9S/c1-5-56-21-15-30(16-22-56)27-64-31-12-13-34-33(23-31)32-14-18-45(66-38(32)39(52-34)48(49,50)51)24-36-40(58)54-47(42(60)55-67(62,63)44(4)19-20-44)37-25-46(37,47)17-10-8-6-7-9-11-35(41(59)57(36)28-45)53-43(61)65-26-29(2)3/h10,12-13,17,23,29-30,35-37H,5-9,11,14-16,18-22,24-28H2,1-4H3,(H,53,61)(H,54,58)(H,55,60). The molecule has 3 aliphatic carbocycles. The average Bonchev–Trinajstić information content (AvgIpc) is 4.24. The maximum atomic E-state index is 15.1. The highest BCUT2D eigenvalue weighted by atomic mass is 32.2.